The summed E-state index contributed by atoms with van der Waals surface area (Å²) in [7, 11) is 0. The van der Waals surface area contributed by atoms with E-state index in [1.807, 2.05) is 32.0 Å². The normalized spacial score (nSPS) is 14.6. The third kappa shape index (κ3) is 4.63. The molecule has 1 aromatic rings. The van der Waals surface area contributed by atoms with Crippen molar-refractivity contribution in [3.05, 3.63) is 23.8 Å². The highest BCUT2D eigenvalue weighted by Crippen LogP contribution is 2.31. The highest BCUT2D eigenvalue weighted by molar-refractivity contribution is 5.70. The Kier molecular flexibility index (Phi) is 5.87. The van der Waals surface area contributed by atoms with Gasteiger partial charge in [0.15, 0.2) is 11.5 Å². The molecular weight excluding hydrogens is 270 g/mol. The minimum Gasteiger partial charge on any atom is -0.486 e. The maximum Gasteiger partial charge on any atom is 0.307 e. The van der Waals surface area contributed by atoms with Crippen molar-refractivity contribution < 1.29 is 19.0 Å². The summed E-state index contributed by atoms with van der Waals surface area (Å²) >= 11 is 0. The van der Waals surface area contributed by atoms with Gasteiger partial charge in [-0.3, -0.25) is 4.79 Å². The number of fused-ring (bicyclic) bond motifs is 1. The number of hydrogen-bond acceptors (Lipinski definition) is 5. The quantitative estimate of drug-likeness (QED) is 0.779. The molecule has 1 atom stereocenters. The molecule has 0 saturated heterocycles. The van der Waals surface area contributed by atoms with Crippen LogP contribution in [0.2, 0.25) is 0 Å². The molecule has 0 spiro atoms. The summed E-state index contributed by atoms with van der Waals surface area (Å²) in [6, 6.07) is 6.00. The summed E-state index contributed by atoms with van der Waals surface area (Å²) in [5.74, 6) is 1.40. The van der Waals surface area contributed by atoms with Gasteiger partial charge in [0.2, 0.25) is 0 Å². The van der Waals surface area contributed by atoms with Crippen molar-refractivity contribution in [3.63, 3.8) is 0 Å². The lowest BCUT2D eigenvalue weighted by atomic mass is 10.0. The van der Waals surface area contributed by atoms with Gasteiger partial charge in [0, 0.05) is 6.04 Å². The molecule has 2 rings (SSSR count). The Morgan fingerprint density at radius 2 is 2.05 bits per heavy atom. The topological polar surface area (TPSA) is 56.8 Å². The first-order valence-corrected chi connectivity index (χ1v) is 7.50. The molecule has 0 bridgehead atoms. The monoisotopic (exact) mass is 293 g/mol. The van der Waals surface area contributed by atoms with Gasteiger partial charge >= 0.3 is 5.97 Å². The molecule has 0 aliphatic carbocycles. The zero-order valence-electron chi connectivity index (χ0n) is 12.7. The fraction of sp³-hybridized carbons (Fsp3) is 0.562. The van der Waals surface area contributed by atoms with Crippen molar-refractivity contribution in [2.24, 2.45) is 0 Å². The molecule has 21 heavy (non-hydrogen) atoms. The predicted octanol–water partition coefficient (Wildman–Crippen LogP) is 1.93. The van der Waals surface area contributed by atoms with Crippen LogP contribution in [-0.2, 0) is 16.0 Å². The molecule has 0 saturated carbocycles. The van der Waals surface area contributed by atoms with Gasteiger partial charge in [0.25, 0.3) is 0 Å². The summed E-state index contributed by atoms with van der Waals surface area (Å²) in [6.45, 7) is 6.25. The fourth-order valence-electron chi connectivity index (χ4n) is 2.43. The Balaban J connectivity index is 2.00. The van der Waals surface area contributed by atoms with Crippen molar-refractivity contribution in [2.45, 2.75) is 32.7 Å². The van der Waals surface area contributed by atoms with Crippen LogP contribution in [0.5, 0.6) is 11.5 Å². The Morgan fingerprint density at radius 1 is 1.29 bits per heavy atom. The number of carbonyl (C=O) groups is 1. The third-order valence-corrected chi connectivity index (χ3v) is 3.30. The Labute approximate surface area is 125 Å². The van der Waals surface area contributed by atoms with Crippen molar-refractivity contribution in [1.82, 2.24) is 5.32 Å². The molecule has 1 aromatic carbocycles. The second kappa shape index (κ2) is 7.88. The molecule has 1 N–H and O–H groups in total. The van der Waals surface area contributed by atoms with E-state index >= 15 is 0 Å². The second-order valence-corrected chi connectivity index (χ2v) is 4.95. The molecule has 0 fully saturated rings. The minimum absolute atomic E-state index is 0.0663. The van der Waals surface area contributed by atoms with E-state index in [9.17, 15) is 4.79 Å². The highest BCUT2D eigenvalue weighted by atomic mass is 16.6. The molecule has 1 unspecified atom stereocenters. The van der Waals surface area contributed by atoms with Crippen molar-refractivity contribution in [1.29, 1.82) is 0 Å². The van der Waals surface area contributed by atoms with Crippen LogP contribution in [0.4, 0.5) is 0 Å². The van der Waals surface area contributed by atoms with Gasteiger partial charge in [0.1, 0.15) is 13.2 Å². The van der Waals surface area contributed by atoms with E-state index in [0.29, 0.717) is 26.2 Å². The number of rotatable bonds is 7. The second-order valence-electron chi connectivity index (χ2n) is 4.95. The van der Waals surface area contributed by atoms with E-state index in [4.69, 9.17) is 14.2 Å². The van der Waals surface area contributed by atoms with Crippen LogP contribution >= 0.6 is 0 Å². The van der Waals surface area contributed by atoms with Crippen LogP contribution in [0, 0.1) is 0 Å². The lowest BCUT2D eigenvalue weighted by molar-refractivity contribution is -0.143. The first-order valence-electron chi connectivity index (χ1n) is 7.50. The lowest BCUT2D eigenvalue weighted by Gasteiger charge is -2.21. The summed E-state index contributed by atoms with van der Waals surface area (Å²) in [5.41, 5.74) is 1.12. The summed E-state index contributed by atoms with van der Waals surface area (Å²) < 4.78 is 16.1. The van der Waals surface area contributed by atoms with Crippen LogP contribution in [0.25, 0.3) is 0 Å². The van der Waals surface area contributed by atoms with Gasteiger partial charge in [-0.05, 0) is 37.6 Å². The van der Waals surface area contributed by atoms with Crippen LogP contribution < -0.4 is 14.8 Å². The highest BCUT2D eigenvalue weighted by Gasteiger charge is 2.17. The number of esters is 1. The van der Waals surface area contributed by atoms with E-state index in [2.05, 4.69) is 5.32 Å². The number of carbonyl (C=O) groups excluding carboxylic acids is 1. The largest absolute Gasteiger partial charge is 0.486 e. The summed E-state index contributed by atoms with van der Waals surface area (Å²) in [6.07, 6.45) is 1.12. The van der Waals surface area contributed by atoms with Crippen LogP contribution in [-0.4, -0.2) is 38.4 Å². The first kappa shape index (κ1) is 15.6. The minimum atomic E-state index is -0.166. The average Bonchev–Trinajstić information content (AvgIpc) is 2.47. The van der Waals surface area contributed by atoms with Crippen LogP contribution in [0.1, 0.15) is 25.8 Å². The fourth-order valence-corrected chi connectivity index (χ4v) is 2.43. The molecule has 5 nitrogen and oxygen atoms in total. The molecule has 5 heteroatoms. The van der Waals surface area contributed by atoms with Gasteiger partial charge in [-0.2, -0.15) is 0 Å². The molecule has 0 aromatic heterocycles. The first-order chi connectivity index (χ1) is 10.2. The molecule has 0 radical (unpaired) electrons. The zero-order chi connectivity index (χ0) is 15.1. The number of nitrogens with one attached hydrogen (secondary N) is 1. The zero-order valence-corrected chi connectivity index (χ0v) is 12.7. The number of hydrogen-bond donors (Lipinski definition) is 1. The molecule has 1 heterocycles. The van der Waals surface area contributed by atoms with Gasteiger partial charge < -0.3 is 19.5 Å². The van der Waals surface area contributed by atoms with Gasteiger partial charge in [-0.1, -0.05) is 13.0 Å². The molecule has 1 aliphatic heterocycles. The van der Waals surface area contributed by atoms with Crippen LogP contribution in [0.15, 0.2) is 18.2 Å². The SMILES string of the molecule is CCNC(CC(=O)OCC)Cc1ccc2c(c1)OCCO2. The van der Waals surface area contributed by atoms with Gasteiger partial charge in [-0.25, -0.2) is 0 Å². The summed E-state index contributed by atoms with van der Waals surface area (Å²) in [5, 5.41) is 3.33. The van der Waals surface area contributed by atoms with E-state index in [1.54, 1.807) is 0 Å². The number of ether oxygens (including phenoxy) is 3. The lowest BCUT2D eigenvalue weighted by Crippen LogP contribution is -2.33. The van der Waals surface area contributed by atoms with Crippen LogP contribution in [0.3, 0.4) is 0 Å². The molecular formula is C16H23NO4. The maximum absolute atomic E-state index is 11.6. The summed E-state index contributed by atoms with van der Waals surface area (Å²) in [4.78, 5) is 11.6. The maximum atomic E-state index is 11.6. The molecule has 0 amide bonds. The Morgan fingerprint density at radius 3 is 2.76 bits per heavy atom. The Bertz CT molecular complexity index is 475. The third-order valence-electron chi connectivity index (χ3n) is 3.30. The number of benzene rings is 1. The van der Waals surface area contributed by atoms with E-state index < -0.39 is 0 Å². The molecule has 1 aliphatic rings. The van der Waals surface area contributed by atoms with Gasteiger partial charge in [-0.15, -0.1) is 0 Å². The smallest absolute Gasteiger partial charge is 0.307 e. The van der Waals surface area contributed by atoms with E-state index in [1.165, 1.54) is 0 Å². The van der Waals surface area contributed by atoms with Crippen molar-refractivity contribution in [3.8, 4) is 11.5 Å². The van der Waals surface area contributed by atoms with Crippen molar-refractivity contribution >= 4 is 5.97 Å². The van der Waals surface area contributed by atoms with Gasteiger partial charge in [0.05, 0.1) is 13.0 Å². The Hall–Kier alpha value is -1.75. The average molecular weight is 293 g/mol. The predicted molar refractivity (Wildman–Crippen MR) is 79.9 cm³/mol. The standard InChI is InChI=1S/C16H23NO4/c1-3-17-13(11-16(18)19-4-2)9-12-5-6-14-15(10-12)21-8-7-20-14/h5-6,10,13,17H,3-4,7-9,11H2,1-2H3. The number of likely N-dealkylation sites (N-methyl/N-ethyl adjacent to an activating group) is 1. The van der Waals surface area contributed by atoms with Crippen molar-refractivity contribution in [2.75, 3.05) is 26.4 Å². The van der Waals surface area contributed by atoms with E-state index in [0.717, 1.165) is 30.0 Å². The molecule has 116 valence electrons. The van der Waals surface area contributed by atoms with E-state index in [-0.39, 0.29) is 12.0 Å².